The summed E-state index contributed by atoms with van der Waals surface area (Å²) in [5, 5.41) is 1.90. The Bertz CT molecular complexity index is 53.6. The molecule has 0 aliphatic rings. The molecule has 0 aliphatic heterocycles. The first kappa shape index (κ1) is 7.88. The van der Waals surface area contributed by atoms with E-state index in [0.29, 0.717) is 12.6 Å². The molecule has 3 nitrogen and oxygen atoms in total. The predicted molar refractivity (Wildman–Crippen MR) is 35.3 cm³/mol. The second kappa shape index (κ2) is 3.83. The summed E-state index contributed by atoms with van der Waals surface area (Å²) in [6, 6.07) is 0.380. The summed E-state index contributed by atoms with van der Waals surface area (Å²) in [6.45, 7) is 2.72. The number of hydrogen-bond acceptors (Lipinski definition) is 3. The minimum atomic E-state index is 0.380. The molecule has 0 radical (unpaired) electrons. The van der Waals surface area contributed by atoms with E-state index in [4.69, 9.17) is 5.73 Å². The van der Waals surface area contributed by atoms with Crippen LogP contribution in [0.15, 0.2) is 0 Å². The molecular weight excluding hydrogens is 102 g/mol. The highest BCUT2D eigenvalue weighted by molar-refractivity contribution is 4.54. The van der Waals surface area contributed by atoms with Crippen molar-refractivity contribution in [2.45, 2.75) is 13.0 Å². The Labute approximate surface area is 50.8 Å². The summed E-state index contributed by atoms with van der Waals surface area (Å²) in [5.41, 5.74) is 8.43. The third kappa shape index (κ3) is 4.05. The molecule has 0 aromatic heterocycles. The molecule has 0 bridgehead atoms. The summed E-state index contributed by atoms with van der Waals surface area (Å²) in [5.74, 6) is 0. The second-order valence-corrected chi connectivity index (χ2v) is 2.16. The molecule has 1 unspecified atom stereocenters. The Morgan fingerprint density at radius 1 is 1.62 bits per heavy atom. The number of rotatable bonds is 3. The number of nitrogens with zero attached hydrogens (tertiary/aromatic N) is 1. The fraction of sp³-hybridized carbons (Fsp3) is 1.00. The van der Waals surface area contributed by atoms with Gasteiger partial charge in [-0.1, -0.05) is 0 Å². The third-order valence-electron chi connectivity index (χ3n) is 0.832. The van der Waals surface area contributed by atoms with Crippen LogP contribution in [0.3, 0.4) is 0 Å². The Morgan fingerprint density at radius 2 is 2.12 bits per heavy atom. The molecular formula is C5H15N3. The van der Waals surface area contributed by atoms with Crippen molar-refractivity contribution in [3.8, 4) is 0 Å². The molecule has 0 aromatic carbocycles. The van der Waals surface area contributed by atoms with Gasteiger partial charge < -0.3 is 5.73 Å². The molecule has 0 fully saturated rings. The van der Waals surface area contributed by atoms with E-state index in [1.807, 2.05) is 26.0 Å². The lowest BCUT2D eigenvalue weighted by atomic mass is 10.4. The Hall–Kier alpha value is -0.120. The lowest BCUT2D eigenvalue weighted by Gasteiger charge is -2.16. The largest absolute Gasteiger partial charge is 0.329 e. The summed E-state index contributed by atoms with van der Waals surface area (Å²) >= 11 is 0. The monoisotopic (exact) mass is 117 g/mol. The maximum atomic E-state index is 5.33. The lowest BCUT2D eigenvalue weighted by Crippen LogP contribution is -2.41. The van der Waals surface area contributed by atoms with Crippen LogP contribution < -0.4 is 11.2 Å². The molecule has 8 heavy (non-hydrogen) atoms. The highest BCUT2D eigenvalue weighted by Gasteiger charge is 1.95. The third-order valence-corrected chi connectivity index (χ3v) is 0.832. The van der Waals surface area contributed by atoms with Gasteiger partial charge in [-0.2, -0.15) is 0 Å². The first-order valence-electron chi connectivity index (χ1n) is 2.80. The van der Waals surface area contributed by atoms with E-state index in [-0.39, 0.29) is 0 Å². The van der Waals surface area contributed by atoms with Crippen LogP contribution in [0.25, 0.3) is 0 Å². The number of nitrogens with two attached hydrogens (primary N) is 1. The quantitative estimate of drug-likeness (QED) is 0.485. The van der Waals surface area contributed by atoms with Crippen LogP contribution in [0.4, 0.5) is 0 Å². The van der Waals surface area contributed by atoms with E-state index in [2.05, 4.69) is 5.43 Å². The van der Waals surface area contributed by atoms with Crippen molar-refractivity contribution in [2.24, 2.45) is 5.73 Å². The van der Waals surface area contributed by atoms with Crippen molar-refractivity contribution in [3.63, 3.8) is 0 Å². The molecule has 0 heterocycles. The van der Waals surface area contributed by atoms with Crippen molar-refractivity contribution in [3.05, 3.63) is 0 Å². The van der Waals surface area contributed by atoms with Crippen LogP contribution in [0.1, 0.15) is 6.92 Å². The summed E-state index contributed by atoms with van der Waals surface area (Å²) in [6.07, 6.45) is 0. The van der Waals surface area contributed by atoms with E-state index in [0.717, 1.165) is 0 Å². The molecule has 3 heteroatoms. The van der Waals surface area contributed by atoms with Gasteiger partial charge in [-0.05, 0) is 6.92 Å². The molecule has 3 N–H and O–H groups in total. The standard InChI is InChI=1S/C5H15N3/c1-5(4-6)7-8(2)3/h5,7H,4,6H2,1-3H3. The van der Waals surface area contributed by atoms with Gasteiger partial charge in [0.25, 0.3) is 0 Å². The highest BCUT2D eigenvalue weighted by atomic mass is 15.5. The molecule has 0 aliphatic carbocycles. The molecule has 0 amide bonds. The molecule has 0 saturated heterocycles. The van der Waals surface area contributed by atoms with Gasteiger partial charge in [0.2, 0.25) is 0 Å². The lowest BCUT2D eigenvalue weighted by molar-refractivity contribution is 0.253. The zero-order valence-electron chi connectivity index (χ0n) is 5.81. The van der Waals surface area contributed by atoms with Crippen LogP contribution in [-0.4, -0.2) is 31.7 Å². The van der Waals surface area contributed by atoms with Crippen LogP contribution in [0, 0.1) is 0 Å². The average Bonchev–Trinajstić information content (AvgIpc) is 1.65. The highest BCUT2D eigenvalue weighted by Crippen LogP contribution is 1.74. The van der Waals surface area contributed by atoms with Gasteiger partial charge >= 0.3 is 0 Å². The van der Waals surface area contributed by atoms with Crippen molar-refractivity contribution in [1.82, 2.24) is 10.4 Å². The fourth-order valence-corrected chi connectivity index (χ4v) is 0.493. The molecule has 0 saturated carbocycles. The Morgan fingerprint density at radius 3 is 2.25 bits per heavy atom. The van der Waals surface area contributed by atoms with E-state index in [9.17, 15) is 0 Å². The number of hydrogen-bond donors (Lipinski definition) is 2. The van der Waals surface area contributed by atoms with E-state index in [1.54, 1.807) is 0 Å². The summed E-state index contributed by atoms with van der Waals surface area (Å²) < 4.78 is 0. The fourth-order valence-electron chi connectivity index (χ4n) is 0.493. The first-order valence-corrected chi connectivity index (χ1v) is 2.80. The average molecular weight is 117 g/mol. The molecule has 0 spiro atoms. The van der Waals surface area contributed by atoms with Gasteiger partial charge in [0.1, 0.15) is 0 Å². The van der Waals surface area contributed by atoms with Crippen LogP contribution in [0.5, 0.6) is 0 Å². The van der Waals surface area contributed by atoms with Crippen molar-refractivity contribution in [1.29, 1.82) is 0 Å². The van der Waals surface area contributed by atoms with Gasteiger partial charge in [0.15, 0.2) is 0 Å². The normalized spacial score (nSPS) is 14.6. The smallest absolute Gasteiger partial charge is 0.0309 e. The predicted octanol–water partition coefficient (Wildman–Crippen LogP) is -0.600. The number of hydrazine groups is 1. The summed E-state index contributed by atoms with van der Waals surface area (Å²) in [4.78, 5) is 0. The maximum Gasteiger partial charge on any atom is 0.0309 e. The van der Waals surface area contributed by atoms with Crippen LogP contribution in [-0.2, 0) is 0 Å². The summed E-state index contributed by atoms with van der Waals surface area (Å²) in [7, 11) is 3.90. The van der Waals surface area contributed by atoms with Gasteiger partial charge in [-0.25, -0.2) is 0 Å². The maximum absolute atomic E-state index is 5.33. The van der Waals surface area contributed by atoms with Gasteiger partial charge in [-0.3, -0.25) is 10.4 Å². The van der Waals surface area contributed by atoms with Crippen molar-refractivity contribution < 1.29 is 0 Å². The zero-order valence-corrected chi connectivity index (χ0v) is 5.81. The first-order chi connectivity index (χ1) is 3.66. The zero-order chi connectivity index (χ0) is 6.57. The molecule has 0 rings (SSSR count). The van der Waals surface area contributed by atoms with E-state index < -0.39 is 0 Å². The van der Waals surface area contributed by atoms with Gasteiger partial charge in [-0.15, -0.1) is 0 Å². The minimum absolute atomic E-state index is 0.380. The Kier molecular flexibility index (Phi) is 3.77. The minimum Gasteiger partial charge on any atom is -0.329 e. The SMILES string of the molecule is CC(CN)NN(C)C. The van der Waals surface area contributed by atoms with Crippen molar-refractivity contribution in [2.75, 3.05) is 20.6 Å². The van der Waals surface area contributed by atoms with E-state index in [1.165, 1.54) is 0 Å². The van der Waals surface area contributed by atoms with Crippen LogP contribution >= 0.6 is 0 Å². The topological polar surface area (TPSA) is 41.3 Å². The molecule has 50 valence electrons. The van der Waals surface area contributed by atoms with Crippen LogP contribution in [0.2, 0.25) is 0 Å². The number of nitrogens with one attached hydrogen (secondary N) is 1. The van der Waals surface area contributed by atoms with Gasteiger partial charge in [0, 0.05) is 26.7 Å². The Balaban J connectivity index is 3.10. The van der Waals surface area contributed by atoms with Gasteiger partial charge in [0.05, 0.1) is 0 Å². The molecule has 1 atom stereocenters. The van der Waals surface area contributed by atoms with E-state index >= 15 is 0 Å². The second-order valence-electron chi connectivity index (χ2n) is 2.16. The molecule has 0 aromatic rings. The van der Waals surface area contributed by atoms with Crippen molar-refractivity contribution >= 4 is 0 Å².